The van der Waals surface area contributed by atoms with Crippen molar-refractivity contribution in [2.24, 2.45) is 5.73 Å². The van der Waals surface area contributed by atoms with Crippen LogP contribution in [0.5, 0.6) is 0 Å². The molecule has 1 unspecified atom stereocenters. The molecule has 0 aliphatic carbocycles. The zero-order valence-corrected chi connectivity index (χ0v) is 10.5. The number of amides is 1. The first-order valence-electron chi connectivity index (χ1n) is 5.35. The molecule has 1 rings (SSSR count). The number of nitrogens with two attached hydrogens (primary N) is 1. The van der Waals surface area contributed by atoms with Crippen molar-refractivity contribution >= 4 is 23.4 Å². The quantitative estimate of drug-likeness (QED) is 0.775. The van der Waals surface area contributed by atoms with Gasteiger partial charge in [0.25, 0.3) is 0 Å². The first-order valence-corrected chi connectivity index (χ1v) is 6.57. The summed E-state index contributed by atoms with van der Waals surface area (Å²) in [7, 11) is 0. The van der Waals surface area contributed by atoms with E-state index in [-0.39, 0.29) is 11.9 Å². The minimum atomic E-state index is -0.0505. The molecule has 3 nitrogen and oxygen atoms in total. The van der Waals surface area contributed by atoms with Crippen LogP contribution in [0.2, 0.25) is 0 Å². The molecule has 1 aromatic rings. The second kappa shape index (κ2) is 6.55. The van der Waals surface area contributed by atoms with E-state index in [1.165, 1.54) is 4.90 Å². The molecule has 1 aromatic carbocycles. The Morgan fingerprint density at radius 3 is 2.56 bits per heavy atom. The number of nitrogens with one attached hydrogen (secondary N) is 1. The molecule has 1 atom stereocenters. The minimum absolute atomic E-state index is 0.0220. The van der Waals surface area contributed by atoms with Gasteiger partial charge in [-0.25, -0.2) is 0 Å². The summed E-state index contributed by atoms with van der Waals surface area (Å²) in [5.41, 5.74) is 6.53. The SMILES string of the molecule is CCC(N)CC(=O)Nc1ccc(SC)cc1. The molecule has 0 aliphatic rings. The minimum Gasteiger partial charge on any atom is -0.327 e. The maximum absolute atomic E-state index is 11.5. The van der Waals surface area contributed by atoms with Crippen LogP contribution >= 0.6 is 11.8 Å². The standard InChI is InChI=1S/C12H18N2OS/c1-3-9(13)8-12(15)14-10-4-6-11(16-2)7-5-10/h4-7,9H,3,8,13H2,1-2H3,(H,14,15). The average molecular weight is 238 g/mol. The number of hydrogen-bond donors (Lipinski definition) is 2. The van der Waals surface area contributed by atoms with Gasteiger partial charge in [-0.15, -0.1) is 11.8 Å². The van der Waals surface area contributed by atoms with Gasteiger partial charge >= 0.3 is 0 Å². The van der Waals surface area contributed by atoms with Gasteiger partial charge in [-0.3, -0.25) is 4.79 Å². The molecule has 1 amide bonds. The van der Waals surface area contributed by atoms with Crippen LogP contribution in [-0.2, 0) is 4.79 Å². The monoisotopic (exact) mass is 238 g/mol. The lowest BCUT2D eigenvalue weighted by molar-refractivity contribution is -0.116. The van der Waals surface area contributed by atoms with E-state index in [0.29, 0.717) is 6.42 Å². The van der Waals surface area contributed by atoms with Gasteiger partial charge < -0.3 is 11.1 Å². The summed E-state index contributed by atoms with van der Waals surface area (Å²) in [5, 5.41) is 2.83. The van der Waals surface area contributed by atoms with Crippen LogP contribution in [0.25, 0.3) is 0 Å². The molecule has 16 heavy (non-hydrogen) atoms. The molecule has 0 radical (unpaired) electrons. The van der Waals surface area contributed by atoms with Crippen molar-refractivity contribution in [2.75, 3.05) is 11.6 Å². The molecule has 0 fully saturated rings. The number of benzene rings is 1. The highest BCUT2D eigenvalue weighted by Crippen LogP contribution is 2.17. The molecule has 0 aliphatic heterocycles. The highest BCUT2D eigenvalue weighted by molar-refractivity contribution is 7.98. The van der Waals surface area contributed by atoms with E-state index < -0.39 is 0 Å². The molecule has 88 valence electrons. The lowest BCUT2D eigenvalue weighted by atomic mass is 10.1. The Balaban J connectivity index is 2.49. The highest BCUT2D eigenvalue weighted by Gasteiger charge is 2.07. The Morgan fingerprint density at radius 1 is 1.44 bits per heavy atom. The molecule has 0 heterocycles. The second-order valence-electron chi connectivity index (χ2n) is 3.65. The summed E-state index contributed by atoms with van der Waals surface area (Å²) in [4.78, 5) is 12.7. The maximum Gasteiger partial charge on any atom is 0.225 e. The fourth-order valence-electron chi connectivity index (χ4n) is 1.27. The fraction of sp³-hybridized carbons (Fsp3) is 0.417. The Hall–Kier alpha value is -1.00. The van der Waals surface area contributed by atoms with E-state index >= 15 is 0 Å². The van der Waals surface area contributed by atoms with Crippen LogP contribution in [0.1, 0.15) is 19.8 Å². The van der Waals surface area contributed by atoms with Gasteiger partial charge in [0.05, 0.1) is 0 Å². The van der Waals surface area contributed by atoms with Gasteiger partial charge in [-0.1, -0.05) is 6.92 Å². The number of anilines is 1. The third-order valence-electron chi connectivity index (χ3n) is 2.35. The van der Waals surface area contributed by atoms with Crippen molar-refractivity contribution in [2.45, 2.75) is 30.7 Å². The Morgan fingerprint density at radius 2 is 2.06 bits per heavy atom. The predicted octanol–water partition coefficient (Wildman–Crippen LogP) is 2.47. The first kappa shape index (κ1) is 13.1. The molecular weight excluding hydrogens is 220 g/mol. The molecule has 0 saturated carbocycles. The van der Waals surface area contributed by atoms with Gasteiger partial charge in [-0.05, 0) is 36.9 Å². The van der Waals surface area contributed by atoms with Gasteiger partial charge in [-0.2, -0.15) is 0 Å². The van der Waals surface area contributed by atoms with Crippen molar-refractivity contribution in [3.8, 4) is 0 Å². The molecular formula is C12H18N2OS. The second-order valence-corrected chi connectivity index (χ2v) is 4.53. The first-order chi connectivity index (χ1) is 7.65. The van der Waals surface area contributed by atoms with Crippen LogP contribution in [0.3, 0.4) is 0 Å². The van der Waals surface area contributed by atoms with Gasteiger partial charge in [0.2, 0.25) is 5.91 Å². The molecule has 0 bridgehead atoms. The molecule has 0 spiro atoms. The molecule has 3 N–H and O–H groups in total. The summed E-state index contributed by atoms with van der Waals surface area (Å²) in [5.74, 6) is -0.0220. The topological polar surface area (TPSA) is 55.1 Å². The van der Waals surface area contributed by atoms with Crippen LogP contribution in [0, 0.1) is 0 Å². The lowest BCUT2D eigenvalue weighted by Crippen LogP contribution is -2.26. The summed E-state index contributed by atoms with van der Waals surface area (Å²) in [6.07, 6.45) is 3.22. The molecule has 0 saturated heterocycles. The van der Waals surface area contributed by atoms with Crippen LogP contribution in [0.15, 0.2) is 29.2 Å². The normalized spacial score (nSPS) is 12.2. The smallest absolute Gasteiger partial charge is 0.225 e. The van der Waals surface area contributed by atoms with E-state index in [4.69, 9.17) is 5.73 Å². The van der Waals surface area contributed by atoms with Gasteiger partial charge in [0, 0.05) is 23.0 Å². The van der Waals surface area contributed by atoms with Crippen molar-refractivity contribution in [3.05, 3.63) is 24.3 Å². The zero-order chi connectivity index (χ0) is 12.0. The van der Waals surface area contributed by atoms with E-state index in [2.05, 4.69) is 5.32 Å². The van der Waals surface area contributed by atoms with Crippen molar-refractivity contribution in [1.29, 1.82) is 0 Å². The summed E-state index contributed by atoms with van der Waals surface area (Å²) in [6.45, 7) is 1.98. The van der Waals surface area contributed by atoms with E-state index in [0.717, 1.165) is 12.1 Å². The predicted molar refractivity (Wildman–Crippen MR) is 69.7 cm³/mol. The number of hydrogen-bond acceptors (Lipinski definition) is 3. The average Bonchev–Trinajstić information content (AvgIpc) is 2.29. The van der Waals surface area contributed by atoms with Crippen LogP contribution < -0.4 is 11.1 Å². The lowest BCUT2D eigenvalue weighted by Gasteiger charge is -2.09. The number of carbonyl (C=O) groups excluding carboxylic acids is 1. The van der Waals surface area contributed by atoms with Crippen molar-refractivity contribution in [1.82, 2.24) is 0 Å². The third kappa shape index (κ3) is 4.24. The largest absolute Gasteiger partial charge is 0.327 e. The Kier molecular flexibility index (Phi) is 5.35. The number of thioether (sulfide) groups is 1. The number of rotatable bonds is 5. The fourth-order valence-corrected chi connectivity index (χ4v) is 1.68. The zero-order valence-electron chi connectivity index (χ0n) is 9.69. The van der Waals surface area contributed by atoms with Gasteiger partial charge in [0.15, 0.2) is 0 Å². The third-order valence-corrected chi connectivity index (χ3v) is 3.09. The van der Waals surface area contributed by atoms with Crippen LogP contribution in [-0.4, -0.2) is 18.2 Å². The van der Waals surface area contributed by atoms with Gasteiger partial charge in [0.1, 0.15) is 0 Å². The Labute approximate surface area is 101 Å². The number of carbonyl (C=O) groups is 1. The molecule has 0 aromatic heterocycles. The summed E-state index contributed by atoms with van der Waals surface area (Å²) in [6, 6.07) is 7.73. The Bertz CT molecular complexity index is 337. The highest BCUT2D eigenvalue weighted by atomic mass is 32.2. The van der Waals surface area contributed by atoms with E-state index in [9.17, 15) is 4.79 Å². The van der Waals surface area contributed by atoms with E-state index in [1.807, 2.05) is 37.4 Å². The summed E-state index contributed by atoms with van der Waals surface area (Å²) < 4.78 is 0. The molecule has 4 heteroatoms. The maximum atomic E-state index is 11.5. The van der Waals surface area contributed by atoms with Crippen LogP contribution in [0.4, 0.5) is 5.69 Å². The van der Waals surface area contributed by atoms with Crippen molar-refractivity contribution < 1.29 is 4.79 Å². The van der Waals surface area contributed by atoms with E-state index in [1.54, 1.807) is 11.8 Å². The van der Waals surface area contributed by atoms with Crippen molar-refractivity contribution in [3.63, 3.8) is 0 Å². The summed E-state index contributed by atoms with van der Waals surface area (Å²) >= 11 is 1.68.